The van der Waals surface area contributed by atoms with Gasteiger partial charge in [0, 0.05) is 23.8 Å². The number of hydrogen-bond donors (Lipinski definition) is 1. The molecule has 0 spiro atoms. The van der Waals surface area contributed by atoms with Gasteiger partial charge in [-0.2, -0.15) is 0 Å². The van der Waals surface area contributed by atoms with Crippen molar-refractivity contribution in [3.63, 3.8) is 0 Å². The van der Waals surface area contributed by atoms with Crippen LogP contribution in [0.2, 0.25) is 0 Å². The largest absolute Gasteiger partial charge is 0.493 e. The molecule has 0 saturated carbocycles. The normalized spacial score (nSPS) is 13.5. The van der Waals surface area contributed by atoms with E-state index in [1.165, 1.54) is 27.9 Å². The molecule has 1 aliphatic heterocycles. The molecule has 5 rings (SSSR count). The number of ether oxygens (including phenoxy) is 1. The van der Waals surface area contributed by atoms with Crippen LogP contribution in [0.3, 0.4) is 0 Å². The number of rotatable bonds is 6. The first-order valence-corrected chi connectivity index (χ1v) is 10.4. The summed E-state index contributed by atoms with van der Waals surface area (Å²) >= 11 is 1.39. The lowest BCUT2D eigenvalue weighted by Gasteiger charge is -2.15. The summed E-state index contributed by atoms with van der Waals surface area (Å²) in [6.45, 7) is 0.719. The van der Waals surface area contributed by atoms with Crippen molar-refractivity contribution in [3.8, 4) is 17.0 Å². The summed E-state index contributed by atoms with van der Waals surface area (Å²) in [5.41, 5.74) is 4.05. The maximum atomic E-state index is 13.0. The van der Waals surface area contributed by atoms with E-state index in [0.29, 0.717) is 11.6 Å². The Morgan fingerprint density at radius 2 is 2.13 bits per heavy atom. The van der Waals surface area contributed by atoms with Gasteiger partial charge in [-0.3, -0.25) is 4.79 Å². The number of hydrogen-bond acceptors (Lipinski definition) is 7. The van der Waals surface area contributed by atoms with Crippen LogP contribution >= 0.6 is 11.3 Å². The molecular formula is C21H18N6O2S. The molecule has 2 aromatic heterocycles. The summed E-state index contributed by atoms with van der Waals surface area (Å²) in [5, 5.41) is 16.7. The topological polar surface area (TPSA) is 94.8 Å². The molecule has 0 saturated heterocycles. The van der Waals surface area contributed by atoms with E-state index in [1.807, 2.05) is 47.8 Å². The molecule has 1 aliphatic rings. The molecule has 1 atom stereocenters. The summed E-state index contributed by atoms with van der Waals surface area (Å²) in [6, 6.07) is 15.3. The lowest BCUT2D eigenvalue weighted by atomic mass is 10.1. The van der Waals surface area contributed by atoms with E-state index < -0.39 is 6.04 Å². The van der Waals surface area contributed by atoms with E-state index in [-0.39, 0.29) is 5.91 Å². The minimum absolute atomic E-state index is 0.214. The van der Waals surface area contributed by atoms with Crippen LogP contribution in [-0.4, -0.2) is 37.7 Å². The Hall–Kier alpha value is -3.59. The standard InChI is InChI=1S/C21H18N6O2S/c28-20(18(27-13-22-25-26-27)10-14-4-2-1-3-5-14)24-21-23-17(12-30-21)15-6-7-19-16(11-15)8-9-29-19/h1-7,11-13,18H,8-10H2,(H,23,24,28)/t18-/m0/s1. The van der Waals surface area contributed by atoms with Gasteiger partial charge in [0.2, 0.25) is 0 Å². The second-order valence-corrected chi connectivity index (χ2v) is 7.80. The third kappa shape index (κ3) is 3.79. The maximum Gasteiger partial charge on any atom is 0.251 e. The maximum absolute atomic E-state index is 13.0. The zero-order chi connectivity index (χ0) is 20.3. The molecule has 0 radical (unpaired) electrons. The van der Waals surface area contributed by atoms with Crippen LogP contribution in [0, 0.1) is 0 Å². The molecule has 0 fully saturated rings. The molecule has 2 aromatic carbocycles. The van der Waals surface area contributed by atoms with Gasteiger partial charge in [0.15, 0.2) is 5.13 Å². The molecule has 4 aromatic rings. The van der Waals surface area contributed by atoms with Gasteiger partial charge in [-0.15, -0.1) is 16.4 Å². The molecule has 0 bridgehead atoms. The fourth-order valence-electron chi connectivity index (χ4n) is 3.45. The molecule has 0 aliphatic carbocycles. The highest BCUT2D eigenvalue weighted by molar-refractivity contribution is 7.14. The number of benzene rings is 2. The molecule has 8 nitrogen and oxygen atoms in total. The number of amides is 1. The van der Waals surface area contributed by atoms with Gasteiger partial charge in [-0.05, 0) is 39.8 Å². The van der Waals surface area contributed by atoms with Gasteiger partial charge in [0.1, 0.15) is 18.1 Å². The van der Waals surface area contributed by atoms with Crippen molar-refractivity contribution >= 4 is 22.4 Å². The van der Waals surface area contributed by atoms with Crippen molar-refractivity contribution in [2.45, 2.75) is 18.9 Å². The third-order valence-corrected chi connectivity index (χ3v) is 5.74. The predicted molar refractivity (Wildman–Crippen MR) is 112 cm³/mol. The minimum Gasteiger partial charge on any atom is -0.493 e. The Labute approximate surface area is 176 Å². The highest BCUT2D eigenvalue weighted by Gasteiger charge is 2.23. The quantitative estimate of drug-likeness (QED) is 0.517. The molecule has 1 amide bonds. The molecule has 150 valence electrons. The number of fused-ring (bicyclic) bond motifs is 1. The summed E-state index contributed by atoms with van der Waals surface area (Å²) in [6.07, 6.45) is 2.83. The van der Waals surface area contributed by atoms with Crippen LogP contribution in [0.15, 0.2) is 60.2 Å². The first kappa shape index (κ1) is 18.4. The van der Waals surface area contributed by atoms with Crippen LogP contribution in [0.25, 0.3) is 11.3 Å². The number of tetrazole rings is 1. The number of nitrogens with zero attached hydrogens (tertiary/aromatic N) is 5. The number of nitrogens with one attached hydrogen (secondary N) is 1. The second kappa shape index (κ2) is 8.03. The van der Waals surface area contributed by atoms with Crippen molar-refractivity contribution in [1.29, 1.82) is 0 Å². The zero-order valence-electron chi connectivity index (χ0n) is 15.9. The summed E-state index contributed by atoms with van der Waals surface area (Å²) < 4.78 is 7.03. The van der Waals surface area contributed by atoms with Crippen molar-refractivity contribution < 1.29 is 9.53 Å². The molecule has 9 heteroatoms. The minimum atomic E-state index is -0.577. The Morgan fingerprint density at radius 3 is 2.97 bits per heavy atom. The highest BCUT2D eigenvalue weighted by atomic mass is 32.1. The van der Waals surface area contributed by atoms with Crippen molar-refractivity contribution in [2.75, 3.05) is 11.9 Å². The van der Waals surface area contributed by atoms with E-state index in [9.17, 15) is 4.79 Å². The second-order valence-electron chi connectivity index (χ2n) is 6.94. The number of thiazole rings is 1. The molecule has 0 unspecified atom stereocenters. The molecule has 1 N–H and O–H groups in total. The lowest BCUT2D eigenvalue weighted by molar-refractivity contribution is -0.119. The monoisotopic (exact) mass is 418 g/mol. The third-order valence-electron chi connectivity index (χ3n) is 4.98. The fourth-order valence-corrected chi connectivity index (χ4v) is 4.18. The highest BCUT2D eigenvalue weighted by Crippen LogP contribution is 2.32. The number of aromatic nitrogens is 5. The van der Waals surface area contributed by atoms with Gasteiger partial charge in [-0.1, -0.05) is 30.3 Å². The molecule has 30 heavy (non-hydrogen) atoms. The van der Waals surface area contributed by atoms with Gasteiger partial charge in [-0.25, -0.2) is 9.67 Å². The SMILES string of the molecule is O=C(Nc1nc(-c2ccc3c(c2)CCO3)cs1)[C@H](Cc1ccccc1)n1cnnn1. The first-order chi connectivity index (χ1) is 14.8. The molecular weight excluding hydrogens is 400 g/mol. The summed E-state index contributed by atoms with van der Waals surface area (Å²) in [4.78, 5) is 17.6. The van der Waals surface area contributed by atoms with Gasteiger partial charge in [0.25, 0.3) is 5.91 Å². The van der Waals surface area contributed by atoms with E-state index >= 15 is 0 Å². The van der Waals surface area contributed by atoms with Crippen LogP contribution in [0.4, 0.5) is 5.13 Å². The van der Waals surface area contributed by atoms with Gasteiger partial charge in [0.05, 0.1) is 12.3 Å². The average Bonchev–Trinajstić information content (AvgIpc) is 3.53. The number of carbonyl (C=O) groups excluding carboxylic acids is 1. The predicted octanol–water partition coefficient (Wildman–Crippen LogP) is 3.15. The molecule has 3 heterocycles. The smallest absolute Gasteiger partial charge is 0.251 e. The summed E-state index contributed by atoms with van der Waals surface area (Å²) in [5.74, 6) is 0.724. The van der Waals surface area contributed by atoms with Gasteiger partial charge >= 0.3 is 0 Å². The number of anilines is 1. The van der Waals surface area contributed by atoms with Crippen LogP contribution in [0.1, 0.15) is 17.2 Å². The zero-order valence-corrected chi connectivity index (χ0v) is 16.7. The Bertz CT molecular complexity index is 1160. The van der Waals surface area contributed by atoms with E-state index in [1.54, 1.807) is 0 Å². The van der Waals surface area contributed by atoms with Crippen LogP contribution in [-0.2, 0) is 17.6 Å². The van der Waals surface area contributed by atoms with E-state index in [4.69, 9.17) is 4.74 Å². The van der Waals surface area contributed by atoms with E-state index in [0.717, 1.165) is 35.6 Å². The average molecular weight is 418 g/mol. The van der Waals surface area contributed by atoms with Crippen molar-refractivity contribution in [2.24, 2.45) is 0 Å². The fraction of sp³-hybridized carbons (Fsp3) is 0.190. The van der Waals surface area contributed by atoms with Crippen molar-refractivity contribution in [1.82, 2.24) is 25.2 Å². The van der Waals surface area contributed by atoms with Crippen LogP contribution < -0.4 is 10.1 Å². The Morgan fingerprint density at radius 1 is 1.23 bits per heavy atom. The number of carbonyl (C=O) groups is 1. The lowest BCUT2D eigenvalue weighted by Crippen LogP contribution is -2.28. The Balaban J connectivity index is 1.34. The van der Waals surface area contributed by atoms with Crippen LogP contribution in [0.5, 0.6) is 5.75 Å². The summed E-state index contributed by atoms with van der Waals surface area (Å²) in [7, 11) is 0. The van der Waals surface area contributed by atoms with Gasteiger partial charge < -0.3 is 10.1 Å². The van der Waals surface area contributed by atoms with Crippen molar-refractivity contribution in [3.05, 3.63) is 71.4 Å². The van der Waals surface area contributed by atoms with E-state index in [2.05, 4.69) is 31.9 Å². The first-order valence-electron chi connectivity index (χ1n) is 9.55. The Kier molecular flexibility index (Phi) is 4.94.